The molecule has 2 aromatic rings. The van der Waals surface area contributed by atoms with Crippen LogP contribution in [-0.2, 0) is 12.5 Å². The number of benzene rings is 1. The van der Waals surface area contributed by atoms with Crippen LogP contribution in [0.3, 0.4) is 0 Å². The van der Waals surface area contributed by atoms with E-state index in [0.29, 0.717) is 0 Å². The fourth-order valence-corrected chi connectivity index (χ4v) is 4.29. The molecule has 0 saturated heterocycles. The summed E-state index contributed by atoms with van der Waals surface area (Å²) in [6, 6.07) is 6.65. The van der Waals surface area contributed by atoms with Crippen molar-refractivity contribution in [3.8, 4) is 0 Å². The van der Waals surface area contributed by atoms with Crippen molar-refractivity contribution in [1.29, 1.82) is 0 Å². The van der Waals surface area contributed by atoms with Gasteiger partial charge in [-0.2, -0.15) is 0 Å². The molecule has 0 atom stereocenters. The number of para-hydroxylation sites is 1. The molecular weight excluding hydrogens is 300 g/mol. The highest BCUT2D eigenvalue weighted by Crippen LogP contribution is 2.42. The Balaban J connectivity index is 2.23. The second kappa shape index (κ2) is 4.95. The number of aryl methyl sites for hydroxylation is 1. The van der Waals surface area contributed by atoms with Gasteiger partial charge in [-0.25, -0.2) is 0 Å². The zero-order valence-electron chi connectivity index (χ0n) is 11.5. The fraction of sp³-hybridized carbons (Fsp3) is 0.500. The van der Waals surface area contributed by atoms with E-state index in [2.05, 4.69) is 51.9 Å². The number of rotatable bonds is 2. The van der Waals surface area contributed by atoms with Gasteiger partial charge in [0.1, 0.15) is 0 Å². The van der Waals surface area contributed by atoms with E-state index in [9.17, 15) is 0 Å². The van der Waals surface area contributed by atoms with Crippen LogP contribution < -0.4 is 5.73 Å². The first-order valence-electron chi connectivity index (χ1n) is 7.12. The smallest absolute Gasteiger partial charge is 0.0528 e. The number of hydrogen-bond donors (Lipinski definition) is 1. The molecule has 0 spiro atoms. The third-order valence-corrected chi connectivity index (χ3v) is 5.36. The molecule has 1 aliphatic carbocycles. The molecule has 0 amide bonds. The van der Waals surface area contributed by atoms with Crippen molar-refractivity contribution in [3.05, 3.63) is 34.4 Å². The molecule has 0 aliphatic heterocycles. The molecule has 1 heterocycles. The number of halogens is 1. The van der Waals surface area contributed by atoms with E-state index < -0.39 is 0 Å². The Hall–Kier alpha value is -0.800. The third-order valence-electron chi connectivity index (χ3n) is 4.73. The van der Waals surface area contributed by atoms with Crippen LogP contribution in [0, 0.1) is 0 Å². The van der Waals surface area contributed by atoms with Gasteiger partial charge in [0, 0.05) is 35.1 Å². The molecule has 1 saturated carbocycles. The lowest BCUT2D eigenvalue weighted by atomic mass is 9.69. The molecule has 102 valence electrons. The molecule has 19 heavy (non-hydrogen) atoms. The highest BCUT2D eigenvalue weighted by atomic mass is 79.9. The summed E-state index contributed by atoms with van der Waals surface area (Å²) in [5.41, 5.74) is 9.17. The van der Waals surface area contributed by atoms with Gasteiger partial charge in [0.25, 0.3) is 0 Å². The zero-order valence-corrected chi connectivity index (χ0v) is 13.0. The van der Waals surface area contributed by atoms with Gasteiger partial charge in [0.05, 0.1) is 5.52 Å². The SMILES string of the molecule is Cn1cc(Br)c2cccc(C3(CN)CCCCC3)c21. The molecule has 1 aromatic carbocycles. The minimum atomic E-state index is 0.184. The van der Waals surface area contributed by atoms with E-state index in [4.69, 9.17) is 5.73 Å². The number of nitrogens with zero attached hydrogens (tertiary/aromatic N) is 1. The van der Waals surface area contributed by atoms with E-state index in [0.717, 1.165) is 6.54 Å². The monoisotopic (exact) mass is 320 g/mol. The van der Waals surface area contributed by atoms with Crippen LogP contribution in [0.1, 0.15) is 37.7 Å². The van der Waals surface area contributed by atoms with Crippen LogP contribution in [0.25, 0.3) is 10.9 Å². The Morgan fingerprint density at radius 1 is 1.26 bits per heavy atom. The van der Waals surface area contributed by atoms with Crippen molar-refractivity contribution in [2.24, 2.45) is 12.8 Å². The van der Waals surface area contributed by atoms with Crippen molar-refractivity contribution < 1.29 is 0 Å². The van der Waals surface area contributed by atoms with Gasteiger partial charge in [-0.1, -0.05) is 37.5 Å². The van der Waals surface area contributed by atoms with Crippen LogP contribution in [-0.4, -0.2) is 11.1 Å². The fourth-order valence-electron chi connectivity index (χ4n) is 3.66. The van der Waals surface area contributed by atoms with Gasteiger partial charge >= 0.3 is 0 Å². The van der Waals surface area contributed by atoms with Gasteiger partial charge in [0.2, 0.25) is 0 Å². The van der Waals surface area contributed by atoms with Crippen LogP contribution in [0.15, 0.2) is 28.9 Å². The topological polar surface area (TPSA) is 30.9 Å². The van der Waals surface area contributed by atoms with Crippen molar-refractivity contribution in [2.75, 3.05) is 6.54 Å². The van der Waals surface area contributed by atoms with Gasteiger partial charge < -0.3 is 10.3 Å². The van der Waals surface area contributed by atoms with Crippen molar-refractivity contribution in [3.63, 3.8) is 0 Å². The summed E-state index contributed by atoms with van der Waals surface area (Å²) in [5.74, 6) is 0. The summed E-state index contributed by atoms with van der Waals surface area (Å²) >= 11 is 3.66. The van der Waals surface area contributed by atoms with Crippen LogP contribution >= 0.6 is 15.9 Å². The number of hydrogen-bond acceptors (Lipinski definition) is 1. The highest BCUT2D eigenvalue weighted by Gasteiger charge is 2.34. The Kier molecular flexibility index (Phi) is 3.44. The normalized spacial score (nSPS) is 18.9. The lowest BCUT2D eigenvalue weighted by molar-refractivity contribution is 0.302. The summed E-state index contributed by atoms with van der Waals surface area (Å²) in [7, 11) is 2.13. The van der Waals surface area contributed by atoms with E-state index in [1.165, 1.54) is 53.0 Å². The molecule has 1 aliphatic rings. The minimum Gasteiger partial charge on any atom is -0.349 e. The molecule has 0 unspecified atom stereocenters. The van der Waals surface area contributed by atoms with E-state index in [-0.39, 0.29) is 5.41 Å². The summed E-state index contributed by atoms with van der Waals surface area (Å²) in [5, 5.41) is 1.30. The Labute approximate surface area is 123 Å². The molecule has 2 nitrogen and oxygen atoms in total. The summed E-state index contributed by atoms with van der Waals surface area (Å²) < 4.78 is 3.41. The minimum absolute atomic E-state index is 0.184. The molecule has 2 N–H and O–H groups in total. The average molecular weight is 321 g/mol. The zero-order chi connectivity index (χ0) is 13.5. The summed E-state index contributed by atoms with van der Waals surface area (Å²) in [6.45, 7) is 0.759. The standard InChI is InChI=1S/C16H21BrN2/c1-19-10-14(17)12-6-5-7-13(15(12)19)16(11-18)8-3-2-4-9-16/h5-7,10H,2-4,8-9,11,18H2,1H3. The van der Waals surface area contributed by atoms with Crippen LogP contribution in [0.5, 0.6) is 0 Å². The molecule has 0 bridgehead atoms. The van der Waals surface area contributed by atoms with Gasteiger partial charge in [-0.05, 0) is 34.3 Å². The molecular formula is C16H21BrN2. The van der Waals surface area contributed by atoms with Crippen LogP contribution in [0.2, 0.25) is 0 Å². The molecule has 1 aromatic heterocycles. The highest BCUT2D eigenvalue weighted by molar-refractivity contribution is 9.10. The maximum absolute atomic E-state index is 6.20. The predicted octanol–water partition coefficient (Wildman–Crippen LogP) is 4.10. The van der Waals surface area contributed by atoms with Gasteiger partial charge in [-0.15, -0.1) is 0 Å². The summed E-state index contributed by atoms with van der Waals surface area (Å²) in [4.78, 5) is 0. The van der Waals surface area contributed by atoms with Crippen LogP contribution in [0.4, 0.5) is 0 Å². The van der Waals surface area contributed by atoms with Crippen molar-refractivity contribution in [2.45, 2.75) is 37.5 Å². The first-order chi connectivity index (χ1) is 9.18. The first kappa shape index (κ1) is 13.2. The maximum atomic E-state index is 6.20. The molecule has 3 heteroatoms. The molecule has 3 rings (SSSR count). The van der Waals surface area contributed by atoms with Crippen molar-refractivity contribution in [1.82, 2.24) is 4.57 Å². The number of aromatic nitrogens is 1. The van der Waals surface area contributed by atoms with E-state index in [1.807, 2.05) is 0 Å². The third kappa shape index (κ3) is 2.03. The largest absolute Gasteiger partial charge is 0.349 e. The quantitative estimate of drug-likeness (QED) is 0.887. The lowest BCUT2D eigenvalue weighted by Crippen LogP contribution is -2.37. The second-order valence-corrected chi connectivity index (χ2v) is 6.69. The first-order valence-corrected chi connectivity index (χ1v) is 7.91. The Morgan fingerprint density at radius 3 is 2.68 bits per heavy atom. The number of nitrogens with two attached hydrogens (primary N) is 1. The summed E-state index contributed by atoms with van der Waals surface area (Å²) in [6.07, 6.45) is 8.57. The second-order valence-electron chi connectivity index (χ2n) is 5.83. The van der Waals surface area contributed by atoms with Gasteiger partial charge in [0.15, 0.2) is 0 Å². The molecule has 1 fully saturated rings. The molecule has 0 radical (unpaired) electrons. The van der Waals surface area contributed by atoms with Gasteiger partial charge in [-0.3, -0.25) is 0 Å². The Bertz CT molecular complexity index is 594. The predicted molar refractivity (Wildman–Crippen MR) is 84.4 cm³/mol. The van der Waals surface area contributed by atoms with E-state index >= 15 is 0 Å². The van der Waals surface area contributed by atoms with Crippen molar-refractivity contribution >= 4 is 26.8 Å². The Morgan fingerprint density at radius 2 is 2.00 bits per heavy atom. The van der Waals surface area contributed by atoms with E-state index in [1.54, 1.807) is 0 Å². The number of fused-ring (bicyclic) bond motifs is 1. The average Bonchev–Trinajstić information content (AvgIpc) is 2.75. The lowest BCUT2D eigenvalue weighted by Gasteiger charge is -2.37. The maximum Gasteiger partial charge on any atom is 0.0528 e.